The molecule has 0 spiro atoms. The molecule has 25 heavy (non-hydrogen) atoms. The molecule has 0 aromatic heterocycles. The number of cyclic esters (lactones) is 1. The molecule has 0 saturated heterocycles. The molecule has 1 aromatic rings. The Morgan fingerprint density at radius 2 is 1.92 bits per heavy atom. The van der Waals surface area contributed by atoms with Crippen LogP contribution in [0.2, 0.25) is 0 Å². The Kier molecular flexibility index (Phi) is 10.1. The van der Waals surface area contributed by atoms with Gasteiger partial charge in [0.15, 0.2) is 5.78 Å². The first kappa shape index (κ1) is 22.6. The molecule has 138 valence electrons. The van der Waals surface area contributed by atoms with Gasteiger partial charge in [0, 0.05) is 12.3 Å². The van der Waals surface area contributed by atoms with E-state index in [1.807, 2.05) is 25.1 Å². The smallest absolute Gasteiger partial charge is 0.338 e. The van der Waals surface area contributed by atoms with Gasteiger partial charge in [-0.2, -0.15) is 0 Å². The Labute approximate surface area is 147 Å². The summed E-state index contributed by atoms with van der Waals surface area (Å²) in [4.78, 5) is 24.0. The summed E-state index contributed by atoms with van der Waals surface area (Å²) in [7, 11) is 1.59. The maximum absolute atomic E-state index is 12.3. The molecule has 0 fully saturated rings. The molecule has 4 N–H and O–H groups in total. The molecule has 1 heterocycles. The number of carbonyl (C=O) groups excluding carboxylic acids is 2. The van der Waals surface area contributed by atoms with Gasteiger partial charge in [-0.25, -0.2) is 4.79 Å². The molecule has 0 saturated carbocycles. The van der Waals surface area contributed by atoms with E-state index >= 15 is 0 Å². The van der Waals surface area contributed by atoms with Crippen molar-refractivity contribution in [3.8, 4) is 5.75 Å². The summed E-state index contributed by atoms with van der Waals surface area (Å²) in [6.07, 6.45) is 9.33. The van der Waals surface area contributed by atoms with Gasteiger partial charge in [-0.3, -0.25) is 4.79 Å². The van der Waals surface area contributed by atoms with Crippen molar-refractivity contribution in [2.75, 3.05) is 13.7 Å². The molecule has 1 aliphatic rings. The number of fused-ring (bicyclic) bond motifs is 1. The quantitative estimate of drug-likeness (QED) is 0.721. The first-order valence-corrected chi connectivity index (χ1v) is 7.83. The van der Waals surface area contributed by atoms with Gasteiger partial charge in [-0.1, -0.05) is 25.2 Å². The second-order valence-electron chi connectivity index (χ2n) is 5.65. The minimum Gasteiger partial charge on any atom is -0.497 e. The number of allylic oxidation sites excluding steroid dienone is 2. The second-order valence-corrected chi connectivity index (χ2v) is 5.65. The lowest BCUT2D eigenvalue weighted by Gasteiger charge is -2.11. The van der Waals surface area contributed by atoms with Crippen LogP contribution in [0.1, 0.15) is 42.1 Å². The second kappa shape index (κ2) is 11.2. The first-order chi connectivity index (χ1) is 11.1. The van der Waals surface area contributed by atoms with Crippen molar-refractivity contribution in [3.63, 3.8) is 0 Å². The Balaban J connectivity index is 0.00000288. The van der Waals surface area contributed by atoms with Crippen LogP contribution in [0, 0.1) is 5.92 Å². The maximum Gasteiger partial charge on any atom is 0.338 e. The predicted octanol–water partition coefficient (Wildman–Crippen LogP) is 2.16. The third-order valence-electron chi connectivity index (χ3n) is 3.66. The molecule has 1 atom stereocenters. The van der Waals surface area contributed by atoms with Crippen molar-refractivity contribution in [3.05, 3.63) is 47.6 Å². The number of benzene rings is 1. The van der Waals surface area contributed by atoms with E-state index < -0.39 is 0 Å². The Morgan fingerprint density at radius 3 is 2.64 bits per heavy atom. The molecule has 0 radical (unpaired) electrons. The van der Waals surface area contributed by atoms with Crippen LogP contribution in [-0.4, -0.2) is 36.4 Å². The number of rotatable bonds is 1. The third-order valence-corrected chi connectivity index (χ3v) is 3.66. The summed E-state index contributed by atoms with van der Waals surface area (Å²) in [5, 5.41) is 0. The number of ether oxygens (including phenoxy) is 2. The average Bonchev–Trinajstić information content (AvgIpc) is 2.56. The molecule has 6 heteroatoms. The highest BCUT2D eigenvalue weighted by atomic mass is 16.5. The van der Waals surface area contributed by atoms with E-state index in [9.17, 15) is 9.59 Å². The van der Waals surface area contributed by atoms with Crippen LogP contribution in [0.15, 0.2) is 36.4 Å². The minimum absolute atomic E-state index is 0. The van der Waals surface area contributed by atoms with E-state index in [0.29, 0.717) is 17.7 Å². The summed E-state index contributed by atoms with van der Waals surface area (Å²) in [5.41, 5.74) is 1.28. The molecule has 2 rings (SSSR count). The van der Waals surface area contributed by atoms with Gasteiger partial charge in [0.2, 0.25) is 0 Å². The van der Waals surface area contributed by atoms with Crippen molar-refractivity contribution >= 4 is 17.8 Å². The Bertz CT molecular complexity index is 633. The number of hydrogen-bond donors (Lipinski definition) is 0. The van der Waals surface area contributed by atoms with E-state index in [1.165, 1.54) is 0 Å². The van der Waals surface area contributed by atoms with Gasteiger partial charge >= 0.3 is 5.97 Å². The lowest BCUT2D eigenvalue weighted by atomic mass is 10.0. The molecular formula is C19H26O6. The molecule has 1 aliphatic heterocycles. The maximum atomic E-state index is 12.3. The predicted molar refractivity (Wildman–Crippen MR) is 96.7 cm³/mol. The van der Waals surface area contributed by atoms with E-state index in [-0.39, 0.29) is 35.2 Å². The van der Waals surface area contributed by atoms with Crippen LogP contribution in [0.3, 0.4) is 0 Å². The fraction of sp³-hybridized carbons (Fsp3) is 0.368. The summed E-state index contributed by atoms with van der Waals surface area (Å²) >= 11 is 0. The highest BCUT2D eigenvalue weighted by molar-refractivity contribution is 5.94. The summed E-state index contributed by atoms with van der Waals surface area (Å²) in [6, 6.07) is 5.28. The van der Waals surface area contributed by atoms with Crippen LogP contribution in [-0.2, 0) is 9.53 Å². The highest BCUT2D eigenvalue weighted by Crippen LogP contribution is 2.21. The van der Waals surface area contributed by atoms with Gasteiger partial charge in [0.05, 0.1) is 19.3 Å². The Morgan fingerprint density at radius 1 is 1.16 bits per heavy atom. The highest BCUT2D eigenvalue weighted by Gasteiger charge is 2.14. The zero-order chi connectivity index (χ0) is 16.7. The van der Waals surface area contributed by atoms with Crippen LogP contribution < -0.4 is 4.74 Å². The average molecular weight is 350 g/mol. The summed E-state index contributed by atoms with van der Waals surface area (Å²) in [6.45, 7) is 2.16. The van der Waals surface area contributed by atoms with E-state index in [2.05, 4.69) is 0 Å². The van der Waals surface area contributed by atoms with Crippen molar-refractivity contribution < 1.29 is 30.0 Å². The zero-order valence-corrected chi connectivity index (χ0v) is 14.6. The standard InChI is InChI=1S/C19H22O4.2H2O/c1-14-8-9-16(20)7-5-3-4-6-15-12-17(22-2)10-11-18(15)19(21)23-13-14;;/h4,6,8-12,14H,3,5,7,13H2,1-2H3;2*1H2/b6-4+,9-8-;;/t14-;;/m1../s1. The van der Waals surface area contributed by atoms with Crippen molar-refractivity contribution in [2.45, 2.75) is 26.2 Å². The number of ketones is 1. The van der Waals surface area contributed by atoms with Gasteiger partial charge < -0.3 is 20.4 Å². The van der Waals surface area contributed by atoms with Gasteiger partial charge in [0.25, 0.3) is 0 Å². The van der Waals surface area contributed by atoms with Crippen molar-refractivity contribution in [2.24, 2.45) is 5.92 Å². The molecule has 0 bridgehead atoms. The van der Waals surface area contributed by atoms with Crippen LogP contribution in [0.5, 0.6) is 5.75 Å². The van der Waals surface area contributed by atoms with Gasteiger partial charge in [0.1, 0.15) is 5.75 Å². The fourth-order valence-electron chi connectivity index (χ4n) is 2.29. The molecule has 1 aromatic carbocycles. The molecule has 0 amide bonds. The van der Waals surface area contributed by atoms with Crippen LogP contribution in [0.4, 0.5) is 0 Å². The van der Waals surface area contributed by atoms with E-state index in [1.54, 1.807) is 31.4 Å². The monoisotopic (exact) mass is 350 g/mol. The van der Waals surface area contributed by atoms with Crippen molar-refractivity contribution in [1.29, 1.82) is 0 Å². The lowest BCUT2D eigenvalue weighted by molar-refractivity contribution is -0.114. The van der Waals surface area contributed by atoms with E-state index in [0.717, 1.165) is 18.4 Å². The Hall–Kier alpha value is -2.44. The van der Waals surface area contributed by atoms with Crippen molar-refractivity contribution in [1.82, 2.24) is 0 Å². The lowest BCUT2D eigenvalue weighted by Crippen LogP contribution is -2.12. The fourth-order valence-corrected chi connectivity index (χ4v) is 2.29. The van der Waals surface area contributed by atoms with E-state index in [4.69, 9.17) is 9.47 Å². The topological polar surface area (TPSA) is 116 Å². The molecular weight excluding hydrogens is 324 g/mol. The largest absolute Gasteiger partial charge is 0.497 e. The number of carbonyl (C=O) groups is 2. The first-order valence-electron chi connectivity index (χ1n) is 7.83. The molecule has 6 nitrogen and oxygen atoms in total. The summed E-state index contributed by atoms with van der Waals surface area (Å²) in [5.74, 6) is 0.434. The zero-order valence-electron chi connectivity index (χ0n) is 14.6. The number of hydrogen-bond acceptors (Lipinski definition) is 4. The van der Waals surface area contributed by atoms with Crippen LogP contribution >= 0.6 is 0 Å². The minimum atomic E-state index is -0.365. The van der Waals surface area contributed by atoms with Gasteiger partial charge in [-0.05, 0) is 42.7 Å². The third kappa shape index (κ3) is 6.91. The number of esters is 1. The normalized spacial score (nSPS) is 20.6. The molecule has 0 unspecified atom stereocenters. The van der Waals surface area contributed by atoms with Crippen LogP contribution in [0.25, 0.3) is 6.08 Å². The summed E-state index contributed by atoms with van der Waals surface area (Å²) < 4.78 is 10.6. The SMILES string of the molecule is COc1ccc2c(c1)/C=C/CCCC(=O)/C=C\[C@@H](C)COC2=O.O.O. The molecule has 0 aliphatic carbocycles. The van der Waals surface area contributed by atoms with Gasteiger partial charge in [-0.15, -0.1) is 0 Å². The number of methoxy groups -OCH3 is 1.